The summed E-state index contributed by atoms with van der Waals surface area (Å²) in [7, 11) is 0. The second-order valence-electron chi connectivity index (χ2n) is 5.94. The smallest absolute Gasteiger partial charge is 0.338 e. The molecular formula is C20H18F2N2O2S. The number of halogens is 2. The first-order valence-corrected chi connectivity index (χ1v) is 8.83. The molecular weight excluding hydrogens is 370 g/mol. The van der Waals surface area contributed by atoms with Gasteiger partial charge in [0.2, 0.25) is 0 Å². The molecule has 0 aromatic heterocycles. The lowest BCUT2D eigenvalue weighted by atomic mass is 9.94. The summed E-state index contributed by atoms with van der Waals surface area (Å²) >= 11 is 5.47. The summed E-state index contributed by atoms with van der Waals surface area (Å²) in [5.41, 5.74) is 1.62. The molecule has 0 bridgehead atoms. The number of thiocarbonyl (C=S) groups is 1. The Morgan fingerprint density at radius 3 is 2.56 bits per heavy atom. The molecule has 0 spiro atoms. The average molecular weight is 388 g/mol. The molecule has 1 atom stereocenters. The Balaban J connectivity index is 2.16. The van der Waals surface area contributed by atoms with Crippen LogP contribution in [0.15, 0.2) is 59.8 Å². The van der Waals surface area contributed by atoms with E-state index in [9.17, 15) is 13.6 Å². The number of nitrogens with one attached hydrogen (secondary N) is 1. The van der Waals surface area contributed by atoms with Crippen molar-refractivity contribution in [1.29, 1.82) is 0 Å². The van der Waals surface area contributed by atoms with E-state index in [0.717, 1.165) is 17.8 Å². The van der Waals surface area contributed by atoms with Gasteiger partial charge in [-0.05, 0) is 44.3 Å². The number of allylic oxidation sites excluding steroid dienone is 1. The predicted octanol–water partition coefficient (Wildman–Crippen LogP) is 4.24. The molecule has 2 aromatic carbocycles. The van der Waals surface area contributed by atoms with Crippen molar-refractivity contribution < 1.29 is 18.3 Å². The number of para-hydroxylation sites is 1. The standard InChI is InChI=1S/C20H18F2N2O2S/c1-3-26-19(25)17-12(2)24(14-7-5-4-6-8-14)20(27)23-18(17)15-10-9-13(21)11-16(15)22/h4-11,18H,3H2,1-2H3,(H,23,27)/t18-/m0/s1. The number of hydrogen-bond acceptors (Lipinski definition) is 3. The molecule has 3 rings (SSSR count). The normalized spacial score (nSPS) is 17.0. The first-order chi connectivity index (χ1) is 12.9. The molecule has 1 heterocycles. The number of ether oxygens (including phenoxy) is 1. The average Bonchev–Trinajstić information content (AvgIpc) is 2.62. The minimum absolute atomic E-state index is 0.119. The van der Waals surface area contributed by atoms with Crippen molar-refractivity contribution in [2.24, 2.45) is 0 Å². The molecule has 0 saturated carbocycles. The zero-order valence-corrected chi connectivity index (χ0v) is 15.6. The van der Waals surface area contributed by atoms with E-state index in [0.29, 0.717) is 10.8 Å². The van der Waals surface area contributed by atoms with E-state index < -0.39 is 23.6 Å². The van der Waals surface area contributed by atoms with Gasteiger partial charge in [-0.2, -0.15) is 0 Å². The van der Waals surface area contributed by atoms with Crippen LogP contribution in [0.1, 0.15) is 25.5 Å². The van der Waals surface area contributed by atoms with Crippen LogP contribution < -0.4 is 10.2 Å². The number of benzene rings is 2. The molecule has 4 nitrogen and oxygen atoms in total. The van der Waals surface area contributed by atoms with Gasteiger partial charge in [-0.15, -0.1) is 0 Å². The van der Waals surface area contributed by atoms with Crippen LogP contribution in [-0.4, -0.2) is 17.7 Å². The first-order valence-electron chi connectivity index (χ1n) is 8.42. The van der Waals surface area contributed by atoms with Crippen molar-refractivity contribution in [3.05, 3.63) is 77.0 Å². The van der Waals surface area contributed by atoms with Crippen LogP contribution in [0.2, 0.25) is 0 Å². The Kier molecular flexibility index (Phi) is 5.51. The summed E-state index contributed by atoms with van der Waals surface area (Å²) < 4.78 is 32.9. The van der Waals surface area contributed by atoms with Crippen LogP contribution in [0.4, 0.5) is 14.5 Å². The second kappa shape index (κ2) is 7.84. The molecule has 1 N–H and O–H groups in total. The van der Waals surface area contributed by atoms with Crippen LogP contribution >= 0.6 is 12.2 Å². The zero-order valence-electron chi connectivity index (χ0n) is 14.8. The Hall–Kier alpha value is -2.80. The van der Waals surface area contributed by atoms with E-state index in [1.54, 1.807) is 18.7 Å². The molecule has 0 fully saturated rings. The highest BCUT2D eigenvalue weighted by Crippen LogP contribution is 2.35. The Bertz CT molecular complexity index is 915. The topological polar surface area (TPSA) is 41.6 Å². The molecule has 0 amide bonds. The number of nitrogens with zero attached hydrogens (tertiary/aromatic N) is 1. The number of esters is 1. The minimum atomic E-state index is -0.878. The lowest BCUT2D eigenvalue weighted by Gasteiger charge is -2.37. The van der Waals surface area contributed by atoms with Gasteiger partial charge >= 0.3 is 5.97 Å². The van der Waals surface area contributed by atoms with Gasteiger partial charge in [-0.25, -0.2) is 13.6 Å². The molecule has 2 aromatic rings. The summed E-state index contributed by atoms with van der Waals surface area (Å²) in [5.74, 6) is -2.04. The lowest BCUT2D eigenvalue weighted by Crippen LogP contribution is -2.48. The van der Waals surface area contributed by atoms with Gasteiger partial charge in [-0.3, -0.25) is 4.90 Å². The molecule has 0 radical (unpaired) electrons. The molecule has 0 saturated heterocycles. The van der Waals surface area contributed by atoms with Gasteiger partial charge in [0.25, 0.3) is 0 Å². The summed E-state index contributed by atoms with van der Waals surface area (Å²) in [5, 5.41) is 3.30. The van der Waals surface area contributed by atoms with Gasteiger partial charge in [0, 0.05) is 23.0 Å². The quantitative estimate of drug-likeness (QED) is 0.627. The second-order valence-corrected chi connectivity index (χ2v) is 6.33. The van der Waals surface area contributed by atoms with Gasteiger partial charge in [0.15, 0.2) is 5.11 Å². The maximum absolute atomic E-state index is 14.4. The fraction of sp³-hybridized carbons (Fsp3) is 0.200. The highest BCUT2D eigenvalue weighted by Gasteiger charge is 2.36. The lowest BCUT2D eigenvalue weighted by molar-refractivity contribution is -0.139. The van der Waals surface area contributed by atoms with E-state index in [4.69, 9.17) is 17.0 Å². The molecule has 7 heteroatoms. The van der Waals surface area contributed by atoms with Gasteiger partial charge in [0.05, 0.1) is 18.2 Å². The van der Waals surface area contributed by atoms with Gasteiger partial charge < -0.3 is 10.1 Å². The fourth-order valence-corrected chi connectivity index (χ4v) is 3.43. The number of anilines is 1. The molecule has 1 aliphatic heterocycles. The number of hydrogen-bond donors (Lipinski definition) is 1. The Morgan fingerprint density at radius 2 is 1.93 bits per heavy atom. The van der Waals surface area contributed by atoms with Crippen molar-refractivity contribution in [3.63, 3.8) is 0 Å². The maximum Gasteiger partial charge on any atom is 0.338 e. The number of carbonyl (C=O) groups is 1. The van der Waals surface area contributed by atoms with E-state index in [1.165, 1.54) is 6.07 Å². The van der Waals surface area contributed by atoms with Crippen molar-refractivity contribution in [2.75, 3.05) is 11.5 Å². The van der Waals surface area contributed by atoms with Crippen molar-refractivity contribution in [2.45, 2.75) is 19.9 Å². The molecule has 27 heavy (non-hydrogen) atoms. The zero-order chi connectivity index (χ0) is 19.6. The summed E-state index contributed by atoms with van der Waals surface area (Å²) in [6.45, 7) is 3.59. The minimum Gasteiger partial charge on any atom is -0.463 e. The predicted molar refractivity (Wildman–Crippen MR) is 103 cm³/mol. The van der Waals surface area contributed by atoms with Gasteiger partial charge in [0.1, 0.15) is 11.6 Å². The molecule has 1 aliphatic rings. The maximum atomic E-state index is 14.4. The van der Waals surface area contributed by atoms with E-state index >= 15 is 0 Å². The van der Waals surface area contributed by atoms with Crippen LogP contribution in [0, 0.1) is 11.6 Å². The molecule has 0 aliphatic carbocycles. The monoisotopic (exact) mass is 388 g/mol. The SMILES string of the molecule is CCOC(=O)C1=C(C)N(c2ccccc2)C(=S)N[C@H]1c1ccc(F)cc1F. The third kappa shape index (κ3) is 3.68. The van der Waals surface area contributed by atoms with E-state index in [1.807, 2.05) is 30.3 Å². The third-order valence-electron chi connectivity index (χ3n) is 4.27. The van der Waals surface area contributed by atoms with Crippen molar-refractivity contribution in [3.8, 4) is 0 Å². The largest absolute Gasteiger partial charge is 0.463 e. The summed E-state index contributed by atoms with van der Waals surface area (Å²) in [6, 6.07) is 11.6. The summed E-state index contributed by atoms with van der Waals surface area (Å²) in [4.78, 5) is 14.4. The Labute approximate surface area is 161 Å². The highest BCUT2D eigenvalue weighted by atomic mass is 32.1. The van der Waals surface area contributed by atoms with Crippen molar-refractivity contribution in [1.82, 2.24) is 5.32 Å². The van der Waals surface area contributed by atoms with Crippen LogP contribution in [0.3, 0.4) is 0 Å². The van der Waals surface area contributed by atoms with Crippen molar-refractivity contribution >= 4 is 29.0 Å². The first kappa shape index (κ1) is 19.0. The Morgan fingerprint density at radius 1 is 1.22 bits per heavy atom. The van der Waals surface area contributed by atoms with Crippen LogP contribution in [0.25, 0.3) is 0 Å². The third-order valence-corrected chi connectivity index (χ3v) is 4.57. The highest BCUT2D eigenvalue weighted by molar-refractivity contribution is 7.80. The van der Waals surface area contributed by atoms with Gasteiger partial charge in [-0.1, -0.05) is 24.3 Å². The summed E-state index contributed by atoms with van der Waals surface area (Å²) in [6.07, 6.45) is 0. The van der Waals surface area contributed by atoms with Crippen LogP contribution in [0.5, 0.6) is 0 Å². The molecule has 0 unspecified atom stereocenters. The van der Waals surface area contributed by atoms with E-state index in [-0.39, 0.29) is 17.7 Å². The fourth-order valence-electron chi connectivity index (χ4n) is 3.07. The molecule has 140 valence electrons. The van der Waals surface area contributed by atoms with E-state index in [2.05, 4.69) is 5.32 Å². The number of rotatable bonds is 4. The number of carbonyl (C=O) groups excluding carboxylic acids is 1. The van der Waals surface area contributed by atoms with Crippen LogP contribution in [-0.2, 0) is 9.53 Å².